The molecule has 0 unspecified atom stereocenters. The zero-order valence-corrected chi connectivity index (χ0v) is 13.6. The fraction of sp³-hybridized carbons (Fsp3) is 0.312. The predicted octanol–water partition coefficient (Wildman–Crippen LogP) is 2.65. The topological polar surface area (TPSA) is 73.9 Å². The Kier molecular flexibility index (Phi) is 3.59. The van der Waals surface area contributed by atoms with Crippen LogP contribution in [0, 0.1) is 0 Å². The van der Waals surface area contributed by atoms with Crippen molar-refractivity contribution in [1.29, 1.82) is 0 Å². The molecular formula is C16H17N5OS. The summed E-state index contributed by atoms with van der Waals surface area (Å²) in [6.07, 6.45) is 2.67. The van der Waals surface area contributed by atoms with Crippen molar-refractivity contribution in [1.82, 2.24) is 20.1 Å². The highest BCUT2D eigenvalue weighted by atomic mass is 32.1. The minimum Gasteiger partial charge on any atom is -0.298 e. The van der Waals surface area contributed by atoms with Crippen molar-refractivity contribution >= 4 is 33.3 Å². The number of benzene rings is 1. The molecule has 4 rings (SSSR count). The molecule has 1 aliphatic heterocycles. The lowest BCUT2D eigenvalue weighted by molar-refractivity contribution is 0.102. The van der Waals surface area contributed by atoms with Crippen molar-refractivity contribution < 1.29 is 4.79 Å². The molecule has 3 aromatic rings. The Bertz CT molecular complexity index is 868. The number of fused-ring (bicyclic) bond motifs is 2. The number of hydrogen-bond donors (Lipinski definition) is 2. The summed E-state index contributed by atoms with van der Waals surface area (Å²) in [7, 11) is 0. The molecule has 0 saturated heterocycles. The number of nitrogens with zero attached hydrogens (tertiary/aromatic N) is 3. The van der Waals surface area contributed by atoms with Crippen LogP contribution in [0.25, 0.3) is 10.9 Å². The smallest absolute Gasteiger partial charge is 0.259 e. The van der Waals surface area contributed by atoms with E-state index >= 15 is 0 Å². The van der Waals surface area contributed by atoms with Gasteiger partial charge in [-0.2, -0.15) is 5.10 Å². The van der Waals surface area contributed by atoms with E-state index < -0.39 is 0 Å². The first-order valence-corrected chi connectivity index (χ1v) is 8.50. The van der Waals surface area contributed by atoms with Gasteiger partial charge in [0.1, 0.15) is 0 Å². The number of aromatic amines is 1. The number of para-hydroxylation sites is 1. The number of H-pyrrole nitrogens is 1. The third-order valence-electron chi connectivity index (χ3n) is 4.20. The minimum absolute atomic E-state index is 0.154. The number of aromatic nitrogens is 3. The molecule has 2 aromatic heterocycles. The second-order valence-electron chi connectivity index (χ2n) is 5.60. The lowest BCUT2D eigenvalue weighted by atomic mass is 10.1. The van der Waals surface area contributed by atoms with E-state index in [9.17, 15) is 4.79 Å². The van der Waals surface area contributed by atoms with Crippen LogP contribution in [-0.4, -0.2) is 39.1 Å². The van der Waals surface area contributed by atoms with Gasteiger partial charge in [-0.25, -0.2) is 4.98 Å². The summed E-state index contributed by atoms with van der Waals surface area (Å²) in [6, 6.07) is 5.58. The van der Waals surface area contributed by atoms with Crippen molar-refractivity contribution in [2.24, 2.45) is 0 Å². The van der Waals surface area contributed by atoms with Gasteiger partial charge in [-0.15, -0.1) is 11.3 Å². The fourth-order valence-electron chi connectivity index (χ4n) is 2.89. The number of nitrogens with one attached hydrogen (secondary N) is 2. The lowest BCUT2D eigenvalue weighted by Crippen LogP contribution is -2.29. The molecule has 23 heavy (non-hydrogen) atoms. The van der Waals surface area contributed by atoms with Gasteiger partial charge in [0.2, 0.25) is 0 Å². The average molecular weight is 327 g/mol. The highest BCUT2D eigenvalue weighted by molar-refractivity contribution is 7.15. The molecule has 0 spiro atoms. The third kappa shape index (κ3) is 2.62. The van der Waals surface area contributed by atoms with Crippen molar-refractivity contribution in [2.75, 3.05) is 18.4 Å². The number of thiazole rings is 1. The molecule has 3 heterocycles. The van der Waals surface area contributed by atoms with E-state index in [-0.39, 0.29) is 5.91 Å². The number of hydrogen-bond acceptors (Lipinski definition) is 5. The van der Waals surface area contributed by atoms with Crippen molar-refractivity contribution in [3.05, 3.63) is 40.5 Å². The van der Waals surface area contributed by atoms with Crippen LogP contribution in [0.3, 0.4) is 0 Å². The Morgan fingerprint density at radius 1 is 1.48 bits per heavy atom. The van der Waals surface area contributed by atoms with Gasteiger partial charge in [-0.05, 0) is 12.6 Å². The SMILES string of the molecule is CCN1CCc2nc(NC(=O)c3cccc4cn[nH]c34)sc2C1. The van der Waals surface area contributed by atoms with Crippen LogP contribution in [0.4, 0.5) is 5.13 Å². The summed E-state index contributed by atoms with van der Waals surface area (Å²) in [5.41, 5.74) is 2.46. The van der Waals surface area contributed by atoms with Gasteiger partial charge in [0.15, 0.2) is 5.13 Å². The van der Waals surface area contributed by atoms with Crippen LogP contribution in [0.5, 0.6) is 0 Å². The van der Waals surface area contributed by atoms with Gasteiger partial charge in [-0.1, -0.05) is 19.1 Å². The Labute approximate surface area is 137 Å². The zero-order valence-electron chi connectivity index (χ0n) is 12.8. The highest BCUT2D eigenvalue weighted by Crippen LogP contribution is 2.28. The number of carbonyl (C=O) groups excluding carboxylic acids is 1. The molecule has 0 atom stereocenters. The normalized spacial score (nSPS) is 14.8. The zero-order chi connectivity index (χ0) is 15.8. The first-order valence-electron chi connectivity index (χ1n) is 7.69. The summed E-state index contributed by atoms with van der Waals surface area (Å²) < 4.78 is 0. The summed E-state index contributed by atoms with van der Waals surface area (Å²) in [4.78, 5) is 20.8. The second-order valence-corrected chi connectivity index (χ2v) is 6.69. The lowest BCUT2D eigenvalue weighted by Gasteiger charge is -2.23. The van der Waals surface area contributed by atoms with Crippen molar-refractivity contribution in [3.8, 4) is 0 Å². The van der Waals surface area contributed by atoms with Gasteiger partial charge < -0.3 is 0 Å². The van der Waals surface area contributed by atoms with E-state index in [1.807, 2.05) is 12.1 Å². The number of rotatable bonds is 3. The Balaban J connectivity index is 1.58. The molecule has 0 bridgehead atoms. The van der Waals surface area contributed by atoms with E-state index in [1.165, 1.54) is 4.88 Å². The van der Waals surface area contributed by atoms with Gasteiger partial charge >= 0.3 is 0 Å². The molecular weight excluding hydrogens is 310 g/mol. The molecule has 6 nitrogen and oxygen atoms in total. The molecule has 0 radical (unpaired) electrons. The standard InChI is InChI=1S/C16H17N5OS/c1-2-21-7-6-12-13(9-21)23-16(18-12)19-15(22)11-5-3-4-10-8-17-20-14(10)11/h3-5,8H,2,6-7,9H2,1H3,(H,17,20)(H,18,19,22). The fourth-order valence-corrected chi connectivity index (χ4v) is 3.94. The van der Waals surface area contributed by atoms with Crippen LogP contribution < -0.4 is 5.32 Å². The summed E-state index contributed by atoms with van der Waals surface area (Å²) >= 11 is 1.57. The third-order valence-corrected chi connectivity index (χ3v) is 5.20. The molecule has 7 heteroatoms. The van der Waals surface area contributed by atoms with Crippen LogP contribution in [-0.2, 0) is 13.0 Å². The van der Waals surface area contributed by atoms with Gasteiger partial charge in [0.25, 0.3) is 5.91 Å². The number of carbonyl (C=O) groups is 1. The first-order chi connectivity index (χ1) is 11.2. The Morgan fingerprint density at radius 3 is 3.26 bits per heavy atom. The molecule has 0 aliphatic carbocycles. The molecule has 0 fully saturated rings. The quantitative estimate of drug-likeness (QED) is 0.775. The Morgan fingerprint density at radius 2 is 2.39 bits per heavy atom. The summed E-state index contributed by atoms with van der Waals surface area (Å²) in [6.45, 7) is 5.17. The molecule has 1 aromatic carbocycles. The maximum absolute atomic E-state index is 12.6. The van der Waals surface area contributed by atoms with Gasteiger partial charge in [0.05, 0.1) is 23.0 Å². The van der Waals surface area contributed by atoms with E-state index in [2.05, 4.69) is 32.3 Å². The maximum atomic E-state index is 12.6. The van der Waals surface area contributed by atoms with Crippen molar-refractivity contribution in [3.63, 3.8) is 0 Å². The monoisotopic (exact) mass is 327 g/mol. The van der Waals surface area contributed by atoms with Crippen molar-refractivity contribution in [2.45, 2.75) is 19.9 Å². The molecule has 1 aliphatic rings. The summed E-state index contributed by atoms with van der Waals surface area (Å²) in [5.74, 6) is -0.154. The number of likely N-dealkylation sites (N-methyl/N-ethyl adjacent to an activating group) is 1. The number of anilines is 1. The van der Waals surface area contributed by atoms with Crippen LogP contribution >= 0.6 is 11.3 Å². The molecule has 2 N–H and O–H groups in total. The number of amides is 1. The highest BCUT2D eigenvalue weighted by Gasteiger charge is 2.21. The van der Waals surface area contributed by atoms with Gasteiger partial charge in [-0.3, -0.25) is 20.1 Å². The van der Waals surface area contributed by atoms with E-state index in [0.717, 1.165) is 42.7 Å². The van der Waals surface area contributed by atoms with E-state index in [0.29, 0.717) is 10.7 Å². The largest absolute Gasteiger partial charge is 0.298 e. The van der Waals surface area contributed by atoms with E-state index in [1.54, 1.807) is 23.6 Å². The summed E-state index contributed by atoms with van der Waals surface area (Å²) in [5, 5.41) is 11.4. The predicted molar refractivity (Wildman–Crippen MR) is 90.8 cm³/mol. The van der Waals surface area contributed by atoms with Gasteiger partial charge in [0, 0.05) is 29.8 Å². The van der Waals surface area contributed by atoms with Crippen LogP contribution in [0.15, 0.2) is 24.4 Å². The van der Waals surface area contributed by atoms with Crippen LogP contribution in [0.1, 0.15) is 27.9 Å². The molecule has 118 valence electrons. The molecule has 1 amide bonds. The maximum Gasteiger partial charge on any atom is 0.259 e. The second kappa shape index (κ2) is 5.75. The van der Waals surface area contributed by atoms with E-state index in [4.69, 9.17) is 0 Å². The average Bonchev–Trinajstić information content (AvgIpc) is 3.19. The first kappa shape index (κ1) is 14.3. The molecule has 0 saturated carbocycles. The minimum atomic E-state index is -0.154. The Hall–Kier alpha value is -2.25. The van der Waals surface area contributed by atoms with Crippen LogP contribution in [0.2, 0.25) is 0 Å².